The number of nitrogens with zero attached hydrogens (tertiary/aromatic N) is 2. The minimum atomic E-state index is -0.930. The van der Waals surface area contributed by atoms with Gasteiger partial charge < -0.3 is 15.3 Å². The summed E-state index contributed by atoms with van der Waals surface area (Å²) in [5, 5.41) is 13.3. The van der Waals surface area contributed by atoms with Crippen LogP contribution in [0.3, 0.4) is 0 Å². The van der Waals surface area contributed by atoms with Crippen LogP contribution in [0.1, 0.15) is 24.0 Å². The average molecular weight is 380 g/mol. The molecule has 0 unspecified atom stereocenters. The zero-order valence-corrected chi connectivity index (χ0v) is 16.4. The fraction of sp³-hybridized carbons (Fsp3) is 0.435. The SMILES string of the molecule is C[C@H](O)C(=O)N1CCN2[C@H](CNC[C@H]2C(c2ccccc2)c2ccccc2)C1. The first-order chi connectivity index (χ1) is 13.6. The number of fused-ring (bicyclic) bond motifs is 1. The van der Waals surface area contributed by atoms with Crippen LogP contribution in [0, 0.1) is 0 Å². The summed E-state index contributed by atoms with van der Waals surface area (Å²) in [6, 6.07) is 22.0. The Morgan fingerprint density at radius 1 is 1.00 bits per heavy atom. The summed E-state index contributed by atoms with van der Waals surface area (Å²) in [6.07, 6.45) is -0.930. The summed E-state index contributed by atoms with van der Waals surface area (Å²) in [5.74, 6) is 0.112. The van der Waals surface area contributed by atoms with E-state index >= 15 is 0 Å². The molecule has 148 valence electrons. The van der Waals surface area contributed by atoms with E-state index in [2.05, 4.69) is 70.9 Å². The highest BCUT2D eigenvalue weighted by molar-refractivity contribution is 5.80. The van der Waals surface area contributed by atoms with Crippen LogP contribution in [0.2, 0.25) is 0 Å². The van der Waals surface area contributed by atoms with Crippen LogP contribution in [0.15, 0.2) is 60.7 Å². The Bertz CT molecular complexity index is 741. The molecule has 0 radical (unpaired) electrons. The largest absolute Gasteiger partial charge is 0.384 e. The van der Waals surface area contributed by atoms with Gasteiger partial charge in [-0.2, -0.15) is 0 Å². The van der Waals surface area contributed by atoms with Crippen molar-refractivity contribution in [2.75, 3.05) is 32.7 Å². The molecule has 0 bridgehead atoms. The fourth-order valence-corrected chi connectivity index (χ4v) is 4.73. The first-order valence-electron chi connectivity index (χ1n) is 10.2. The Kier molecular flexibility index (Phi) is 5.76. The van der Waals surface area contributed by atoms with Gasteiger partial charge in [0.2, 0.25) is 0 Å². The second-order valence-electron chi connectivity index (χ2n) is 7.88. The summed E-state index contributed by atoms with van der Waals surface area (Å²) in [5.41, 5.74) is 2.65. The number of hydrogen-bond acceptors (Lipinski definition) is 4. The lowest BCUT2D eigenvalue weighted by Gasteiger charge is -2.51. The van der Waals surface area contributed by atoms with E-state index < -0.39 is 6.10 Å². The molecule has 1 amide bonds. The van der Waals surface area contributed by atoms with Crippen molar-refractivity contribution in [3.8, 4) is 0 Å². The van der Waals surface area contributed by atoms with Crippen molar-refractivity contribution >= 4 is 5.91 Å². The minimum Gasteiger partial charge on any atom is -0.384 e. The van der Waals surface area contributed by atoms with Gasteiger partial charge in [0.05, 0.1) is 0 Å². The topological polar surface area (TPSA) is 55.8 Å². The van der Waals surface area contributed by atoms with Crippen LogP contribution in [-0.2, 0) is 4.79 Å². The number of aliphatic hydroxyl groups excluding tert-OH is 1. The third-order valence-electron chi connectivity index (χ3n) is 6.06. The molecule has 0 aliphatic carbocycles. The lowest BCUT2D eigenvalue weighted by Crippen LogP contribution is -2.67. The standard InChI is InChI=1S/C23H29N3O2/c1-17(27)23(28)25-12-13-26-20(16-25)14-24-15-21(26)22(18-8-4-2-5-9-18)19-10-6-3-7-11-19/h2-11,17,20-22,24,27H,12-16H2,1H3/t17-,20+,21-/m0/s1. The van der Waals surface area contributed by atoms with E-state index in [1.807, 2.05) is 4.90 Å². The number of nitrogens with one attached hydrogen (secondary N) is 1. The highest BCUT2D eigenvalue weighted by atomic mass is 16.3. The molecule has 2 aliphatic rings. The predicted molar refractivity (Wildman–Crippen MR) is 110 cm³/mol. The quantitative estimate of drug-likeness (QED) is 0.849. The first kappa shape index (κ1) is 19.1. The second kappa shape index (κ2) is 8.43. The number of carbonyl (C=O) groups is 1. The van der Waals surface area contributed by atoms with Crippen LogP contribution >= 0.6 is 0 Å². The molecule has 2 N–H and O–H groups in total. The van der Waals surface area contributed by atoms with E-state index in [-0.39, 0.29) is 17.9 Å². The fourth-order valence-electron chi connectivity index (χ4n) is 4.73. The molecule has 4 rings (SSSR count). The molecule has 2 heterocycles. The van der Waals surface area contributed by atoms with Crippen LogP contribution in [0.4, 0.5) is 0 Å². The predicted octanol–water partition coefficient (Wildman–Crippen LogP) is 1.68. The molecule has 5 nitrogen and oxygen atoms in total. The van der Waals surface area contributed by atoms with E-state index in [0.29, 0.717) is 19.1 Å². The van der Waals surface area contributed by atoms with Gasteiger partial charge in [0.25, 0.3) is 5.91 Å². The molecule has 2 aromatic carbocycles. The Balaban J connectivity index is 1.62. The minimum absolute atomic E-state index is 0.163. The lowest BCUT2D eigenvalue weighted by atomic mass is 9.82. The van der Waals surface area contributed by atoms with Gasteiger partial charge in [0, 0.05) is 50.7 Å². The Labute approximate surface area is 167 Å². The van der Waals surface area contributed by atoms with E-state index in [4.69, 9.17) is 0 Å². The number of aliphatic hydroxyl groups is 1. The van der Waals surface area contributed by atoms with Crippen molar-refractivity contribution in [1.82, 2.24) is 15.1 Å². The Morgan fingerprint density at radius 2 is 1.61 bits per heavy atom. The number of carbonyl (C=O) groups excluding carboxylic acids is 1. The molecular formula is C23H29N3O2. The molecule has 0 aromatic heterocycles. The highest BCUT2D eigenvalue weighted by Gasteiger charge is 2.40. The molecule has 2 fully saturated rings. The molecule has 28 heavy (non-hydrogen) atoms. The average Bonchev–Trinajstić information content (AvgIpc) is 2.74. The summed E-state index contributed by atoms with van der Waals surface area (Å²) in [6.45, 7) is 5.53. The lowest BCUT2D eigenvalue weighted by molar-refractivity contribution is -0.143. The maximum Gasteiger partial charge on any atom is 0.251 e. The van der Waals surface area contributed by atoms with Gasteiger partial charge in [-0.15, -0.1) is 0 Å². The highest BCUT2D eigenvalue weighted by Crippen LogP contribution is 2.33. The number of hydrogen-bond donors (Lipinski definition) is 2. The Hall–Kier alpha value is -2.21. The van der Waals surface area contributed by atoms with Gasteiger partial charge in [0.15, 0.2) is 0 Å². The molecule has 2 saturated heterocycles. The second-order valence-corrected chi connectivity index (χ2v) is 7.88. The number of rotatable bonds is 4. The number of amides is 1. The maximum absolute atomic E-state index is 12.3. The molecule has 2 aliphatic heterocycles. The van der Waals surface area contributed by atoms with Crippen molar-refractivity contribution in [2.45, 2.75) is 31.0 Å². The van der Waals surface area contributed by atoms with Crippen LogP contribution in [-0.4, -0.2) is 71.7 Å². The van der Waals surface area contributed by atoms with Gasteiger partial charge in [-0.1, -0.05) is 60.7 Å². The van der Waals surface area contributed by atoms with E-state index in [9.17, 15) is 9.90 Å². The molecular weight excluding hydrogens is 350 g/mol. The summed E-state index contributed by atoms with van der Waals surface area (Å²) >= 11 is 0. The Morgan fingerprint density at radius 3 is 2.18 bits per heavy atom. The number of piperazine rings is 2. The molecule has 3 atom stereocenters. The molecule has 5 heteroatoms. The van der Waals surface area contributed by atoms with Crippen molar-refractivity contribution < 1.29 is 9.90 Å². The van der Waals surface area contributed by atoms with Crippen molar-refractivity contribution in [2.24, 2.45) is 0 Å². The molecule has 0 saturated carbocycles. The first-order valence-corrected chi connectivity index (χ1v) is 10.2. The summed E-state index contributed by atoms with van der Waals surface area (Å²) in [7, 11) is 0. The third-order valence-corrected chi connectivity index (χ3v) is 6.06. The van der Waals surface area contributed by atoms with E-state index in [1.54, 1.807) is 6.92 Å². The van der Waals surface area contributed by atoms with Gasteiger partial charge in [-0.3, -0.25) is 9.69 Å². The normalized spacial score (nSPS) is 24.0. The zero-order chi connectivity index (χ0) is 19.5. The number of benzene rings is 2. The smallest absolute Gasteiger partial charge is 0.251 e. The van der Waals surface area contributed by atoms with Crippen LogP contribution < -0.4 is 5.32 Å². The summed E-state index contributed by atoms with van der Waals surface area (Å²) in [4.78, 5) is 16.7. The van der Waals surface area contributed by atoms with Crippen LogP contribution in [0.25, 0.3) is 0 Å². The monoisotopic (exact) mass is 379 g/mol. The van der Waals surface area contributed by atoms with Crippen molar-refractivity contribution in [3.63, 3.8) is 0 Å². The maximum atomic E-state index is 12.3. The van der Waals surface area contributed by atoms with Gasteiger partial charge in [-0.25, -0.2) is 0 Å². The summed E-state index contributed by atoms with van der Waals surface area (Å²) < 4.78 is 0. The van der Waals surface area contributed by atoms with Gasteiger partial charge in [-0.05, 0) is 18.1 Å². The van der Waals surface area contributed by atoms with Gasteiger partial charge >= 0.3 is 0 Å². The zero-order valence-electron chi connectivity index (χ0n) is 16.4. The third kappa shape index (κ3) is 3.83. The van der Waals surface area contributed by atoms with Gasteiger partial charge in [0.1, 0.15) is 6.10 Å². The van der Waals surface area contributed by atoms with Crippen LogP contribution in [0.5, 0.6) is 0 Å². The van der Waals surface area contributed by atoms with E-state index in [1.165, 1.54) is 11.1 Å². The van der Waals surface area contributed by atoms with Crippen molar-refractivity contribution in [3.05, 3.63) is 71.8 Å². The van der Waals surface area contributed by atoms with Crippen molar-refractivity contribution in [1.29, 1.82) is 0 Å². The molecule has 2 aromatic rings. The van der Waals surface area contributed by atoms with E-state index in [0.717, 1.165) is 19.6 Å². The molecule has 0 spiro atoms.